The smallest absolute Gasteiger partial charge is 0.186 e. The lowest BCUT2D eigenvalue weighted by atomic mass is 9.94. The van der Waals surface area contributed by atoms with Crippen LogP contribution in [-0.4, -0.2) is 68.8 Å². The van der Waals surface area contributed by atoms with E-state index in [4.69, 9.17) is 33.2 Å². The van der Waals surface area contributed by atoms with E-state index < -0.39 is 30.7 Å². The number of aliphatic hydroxyl groups excluding tert-OH is 1. The van der Waals surface area contributed by atoms with Gasteiger partial charge in [-0.2, -0.15) is 0 Å². The number of methoxy groups -OCH3 is 2. The van der Waals surface area contributed by atoms with Gasteiger partial charge < -0.3 is 38.3 Å². The molecule has 0 aromatic heterocycles. The second kappa shape index (κ2) is 13.5. The Morgan fingerprint density at radius 2 is 1.15 bits per heavy atom. The van der Waals surface area contributed by atoms with Crippen LogP contribution in [-0.2, 0) is 48.2 Å². The fourth-order valence-electron chi connectivity index (χ4n) is 4.89. The van der Waals surface area contributed by atoms with Crippen molar-refractivity contribution in [2.24, 2.45) is 0 Å². The summed E-state index contributed by atoms with van der Waals surface area (Å²) in [5.74, 6) is 0.774. The summed E-state index contributed by atoms with van der Waals surface area (Å²) in [7, 11) is 3.23. The Morgan fingerprint density at radius 1 is 0.615 bits per heavy atom. The van der Waals surface area contributed by atoms with Gasteiger partial charge in [-0.15, -0.1) is 0 Å². The third-order valence-electron chi connectivity index (χ3n) is 7.06. The third kappa shape index (κ3) is 7.04. The van der Waals surface area contributed by atoms with Crippen LogP contribution in [0.4, 0.5) is 0 Å². The highest BCUT2D eigenvalue weighted by Gasteiger charge is 2.57. The summed E-state index contributed by atoms with van der Waals surface area (Å²) < 4.78 is 42.8. The molecule has 3 aromatic rings. The highest BCUT2D eigenvalue weighted by Crippen LogP contribution is 2.38. The topological polar surface area (TPSA) is 88.1 Å². The first-order chi connectivity index (χ1) is 19.2. The summed E-state index contributed by atoms with van der Waals surface area (Å²) >= 11 is 0. The first-order valence-corrected chi connectivity index (χ1v) is 13.2. The molecule has 8 nitrogen and oxygen atoms in total. The van der Waals surface area contributed by atoms with Gasteiger partial charge in [0.05, 0.1) is 33.5 Å². The molecule has 8 heteroatoms. The van der Waals surface area contributed by atoms with Crippen molar-refractivity contribution in [2.75, 3.05) is 20.8 Å². The monoisotopic (exact) mass is 536 g/mol. The van der Waals surface area contributed by atoms with E-state index in [2.05, 4.69) is 0 Å². The number of aliphatic hydroxyl groups is 1. The Balaban J connectivity index is 1.41. The molecule has 5 rings (SSSR count). The summed E-state index contributed by atoms with van der Waals surface area (Å²) in [6, 6.07) is 27.6. The molecule has 2 saturated heterocycles. The summed E-state index contributed by atoms with van der Waals surface area (Å²) in [6.45, 7) is 0.933. The van der Waals surface area contributed by atoms with Crippen LogP contribution >= 0.6 is 0 Å². The molecule has 2 heterocycles. The van der Waals surface area contributed by atoms with Crippen molar-refractivity contribution in [3.8, 4) is 5.75 Å². The summed E-state index contributed by atoms with van der Waals surface area (Å²) in [5.41, 5.74) is 3.03. The Morgan fingerprint density at radius 3 is 1.67 bits per heavy atom. The van der Waals surface area contributed by atoms with E-state index in [1.54, 1.807) is 14.2 Å². The van der Waals surface area contributed by atoms with Gasteiger partial charge in [0.1, 0.15) is 42.4 Å². The fourth-order valence-corrected chi connectivity index (χ4v) is 4.89. The van der Waals surface area contributed by atoms with Gasteiger partial charge >= 0.3 is 0 Å². The Labute approximate surface area is 229 Å². The van der Waals surface area contributed by atoms with Crippen LogP contribution in [0.15, 0.2) is 84.9 Å². The summed E-state index contributed by atoms with van der Waals surface area (Å²) in [5, 5.41) is 9.73. The highest BCUT2D eigenvalue weighted by molar-refractivity contribution is 5.26. The molecule has 0 spiro atoms. The second-order valence-electron chi connectivity index (χ2n) is 9.67. The first-order valence-electron chi connectivity index (χ1n) is 13.2. The number of ether oxygens (including phenoxy) is 7. The molecule has 1 N–H and O–H groups in total. The largest absolute Gasteiger partial charge is 0.497 e. The maximum absolute atomic E-state index is 9.73. The van der Waals surface area contributed by atoms with Crippen LogP contribution in [0, 0.1) is 0 Å². The molecule has 2 aliphatic heterocycles. The minimum absolute atomic E-state index is 0.100. The van der Waals surface area contributed by atoms with E-state index in [9.17, 15) is 5.11 Å². The lowest BCUT2D eigenvalue weighted by molar-refractivity contribution is -0.320. The summed E-state index contributed by atoms with van der Waals surface area (Å²) in [4.78, 5) is 0. The molecule has 0 unspecified atom stereocenters. The zero-order valence-electron chi connectivity index (χ0n) is 22.3. The number of hydrogen-bond donors (Lipinski definition) is 1. The Hall–Kier alpha value is -2.82. The van der Waals surface area contributed by atoms with E-state index >= 15 is 0 Å². The molecular weight excluding hydrogens is 500 g/mol. The molecule has 0 radical (unpaired) electrons. The molecule has 39 heavy (non-hydrogen) atoms. The van der Waals surface area contributed by atoms with Crippen LogP contribution in [0.1, 0.15) is 16.7 Å². The van der Waals surface area contributed by atoms with Crippen molar-refractivity contribution >= 4 is 0 Å². The van der Waals surface area contributed by atoms with Gasteiger partial charge in [-0.05, 0) is 28.8 Å². The zero-order chi connectivity index (χ0) is 27.0. The van der Waals surface area contributed by atoms with Gasteiger partial charge in [0.25, 0.3) is 0 Å². The van der Waals surface area contributed by atoms with Gasteiger partial charge in [-0.1, -0.05) is 72.8 Å². The van der Waals surface area contributed by atoms with Gasteiger partial charge in [0, 0.05) is 7.11 Å². The maximum atomic E-state index is 9.73. The van der Waals surface area contributed by atoms with Crippen molar-refractivity contribution in [3.63, 3.8) is 0 Å². The lowest BCUT2D eigenvalue weighted by Crippen LogP contribution is -2.62. The predicted molar refractivity (Wildman–Crippen MR) is 143 cm³/mol. The number of epoxide rings is 1. The van der Waals surface area contributed by atoms with E-state index in [0.29, 0.717) is 19.8 Å². The number of hydrogen-bond acceptors (Lipinski definition) is 8. The number of benzene rings is 3. The molecule has 0 aliphatic carbocycles. The standard InChI is InChI=1S/C31H36O8/c1-33-24-15-13-23(14-16-24)20-35-27-28(36-18-21-9-5-3-6-10-21)30(37-19-22-11-7-4-8-12-22)31(34-2)39-29(27)26-25(17-32)38-26/h3-16,25-32H,17-20H2,1-2H3/t25-,26+,27+,28+,29-,30-,31+/m1/s1. The normalized spacial score (nSPS) is 28.2. The molecule has 0 saturated carbocycles. The summed E-state index contributed by atoms with van der Waals surface area (Å²) in [6.07, 6.45) is -3.58. The molecule has 7 atom stereocenters. The molecule has 208 valence electrons. The third-order valence-corrected chi connectivity index (χ3v) is 7.06. The Bertz CT molecular complexity index is 1130. The van der Waals surface area contributed by atoms with E-state index in [-0.39, 0.29) is 18.8 Å². The zero-order valence-corrected chi connectivity index (χ0v) is 22.3. The molecule has 3 aromatic carbocycles. The van der Waals surface area contributed by atoms with Crippen LogP contribution in [0.2, 0.25) is 0 Å². The average Bonchev–Trinajstić information content (AvgIpc) is 3.79. The van der Waals surface area contributed by atoms with Crippen LogP contribution in [0.5, 0.6) is 5.75 Å². The lowest BCUT2D eigenvalue weighted by Gasteiger charge is -2.45. The minimum Gasteiger partial charge on any atom is -0.497 e. The quantitative estimate of drug-likeness (QED) is 0.330. The van der Waals surface area contributed by atoms with Crippen LogP contribution < -0.4 is 4.74 Å². The molecule has 0 amide bonds. The molecule has 2 fully saturated rings. The van der Waals surface area contributed by atoms with Crippen molar-refractivity contribution < 1.29 is 38.3 Å². The average molecular weight is 537 g/mol. The molecule has 0 bridgehead atoms. The van der Waals surface area contributed by atoms with Crippen LogP contribution in [0.3, 0.4) is 0 Å². The first kappa shape index (κ1) is 27.7. The molecular formula is C31H36O8. The van der Waals surface area contributed by atoms with Crippen molar-refractivity contribution in [1.29, 1.82) is 0 Å². The minimum atomic E-state index is -0.719. The second-order valence-corrected chi connectivity index (χ2v) is 9.67. The van der Waals surface area contributed by atoms with Crippen molar-refractivity contribution in [1.82, 2.24) is 0 Å². The fraction of sp³-hybridized carbons (Fsp3) is 0.419. The van der Waals surface area contributed by atoms with Crippen LogP contribution in [0.25, 0.3) is 0 Å². The Kier molecular flexibility index (Phi) is 9.60. The van der Waals surface area contributed by atoms with Gasteiger partial charge in [-0.25, -0.2) is 0 Å². The van der Waals surface area contributed by atoms with E-state index in [1.807, 2.05) is 84.9 Å². The molecule has 2 aliphatic rings. The van der Waals surface area contributed by atoms with E-state index in [1.165, 1.54) is 0 Å². The predicted octanol–water partition coefficient (Wildman–Crippen LogP) is 3.88. The van der Waals surface area contributed by atoms with Gasteiger partial charge in [0.15, 0.2) is 6.29 Å². The van der Waals surface area contributed by atoms with Gasteiger partial charge in [0.2, 0.25) is 0 Å². The highest BCUT2D eigenvalue weighted by atomic mass is 16.7. The van der Waals surface area contributed by atoms with Gasteiger partial charge in [-0.3, -0.25) is 0 Å². The van der Waals surface area contributed by atoms with Crippen molar-refractivity contribution in [2.45, 2.75) is 62.7 Å². The number of rotatable bonds is 13. The van der Waals surface area contributed by atoms with E-state index in [0.717, 1.165) is 22.4 Å². The maximum Gasteiger partial charge on any atom is 0.186 e. The van der Waals surface area contributed by atoms with Crippen molar-refractivity contribution in [3.05, 3.63) is 102 Å². The SMILES string of the molecule is COc1ccc(CO[C@@H]2[C@@H]([C@H]3O[C@@H]3CO)O[C@H](OC)[C@H](OCc3ccccc3)[C@H]2OCc2ccccc2)cc1.